The number of nitrogens with zero attached hydrogens (tertiary/aromatic N) is 6. The van der Waals surface area contributed by atoms with E-state index >= 15 is 0 Å². The number of para-hydroxylation sites is 1. The summed E-state index contributed by atoms with van der Waals surface area (Å²) in [5.41, 5.74) is 1.35. The Kier molecular flexibility index (Phi) is 5.10. The first-order valence-electron chi connectivity index (χ1n) is 9.11. The van der Waals surface area contributed by atoms with Gasteiger partial charge >= 0.3 is 0 Å². The van der Waals surface area contributed by atoms with Crippen molar-refractivity contribution in [3.05, 3.63) is 82.7 Å². The SMILES string of the molecule is CN(Cc1nc2ccccc2c(=O)[nH]1)C(=O)[C@H](Cc1ccccc1)n1cnnn1. The number of carbonyl (C=O) groups is 1. The van der Waals surface area contributed by atoms with Crippen LogP contribution in [0.4, 0.5) is 0 Å². The highest BCUT2D eigenvalue weighted by atomic mass is 16.2. The molecular formula is C20H19N7O2. The fourth-order valence-corrected chi connectivity index (χ4v) is 3.21. The van der Waals surface area contributed by atoms with Crippen molar-refractivity contribution >= 4 is 16.8 Å². The lowest BCUT2D eigenvalue weighted by atomic mass is 10.1. The number of rotatable bonds is 6. The van der Waals surface area contributed by atoms with Gasteiger partial charge in [0.25, 0.3) is 5.56 Å². The fraction of sp³-hybridized carbons (Fsp3) is 0.200. The van der Waals surface area contributed by atoms with E-state index < -0.39 is 6.04 Å². The second-order valence-electron chi connectivity index (χ2n) is 6.72. The summed E-state index contributed by atoms with van der Waals surface area (Å²) in [5.74, 6) is 0.233. The van der Waals surface area contributed by atoms with Gasteiger partial charge in [0.15, 0.2) is 0 Å². The van der Waals surface area contributed by atoms with Crippen LogP contribution in [-0.4, -0.2) is 48.0 Å². The summed E-state index contributed by atoms with van der Waals surface area (Å²) < 4.78 is 1.45. The maximum atomic E-state index is 13.2. The van der Waals surface area contributed by atoms with E-state index in [1.54, 1.807) is 25.2 Å². The predicted octanol–water partition coefficient (Wildman–Crippen LogP) is 1.35. The van der Waals surface area contributed by atoms with Crippen molar-refractivity contribution in [3.8, 4) is 0 Å². The van der Waals surface area contributed by atoms with Gasteiger partial charge in [-0.3, -0.25) is 9.59 Å². The zero-order valence-corrected chi connectivity index (χ0v) is 15.8. The van der Waals surface area contributed by atoms with Gasteiger partial charge < -0.3 is 9.88 Å². The van der Waals surface area contributed by atoms with E-state index in [1.165, 1.54) is 15.9 Å². The number of carbonyl (C=O) groups excluding carboxylic acids is 1. The van der Waals surface area contributed by atoms with E-state index in [0.29, 0.717) is 23.1 Å². The molecule has 1 atom stereocenters. The Morgan fingerprint density at radius 3 is 2.66 bits per heavy atom. The maximum Gasteiger partial charge on any atom is 0.258 e. The first kappa shape index (κ1) is 18.5. The summed E-state index contributed by atoms with van der Waals surface area (Å²) in [6.07, 6.45) is 1.87. The van der Waals surface area contributed by atoms with E-state index in [9.17, 15) is 9.59 Å². The van der Waals surface area contributed by atoms with Crippen molar-refractivity contribution in [2.24, 2.45) is 0 Å². The molecule has 0 saturated carbocycles. The zero-order chi connectivity index (χ0) is 20.2. The molecule has 1 amide bonds. The van der Waals surface area contributed by atoms with Crippen molar-refractivity contribution in [2.45, 2.75) is 19.0 Å². The van der Waals surface area contributed by atoms with Gasteiger partial charge in [0.05, 0.1) is 17.4 Å². The second kappa shape index (κ2) is 8.01. The van der Waals surface area contributed by atoms with E-state index in [0.717, 1.165) is 5.56 Å². The number of tetrazole rings is 1. The molecule has 0 fully saturated rings. The quantitative estimate of drug-likeness (QED) is 0.533. The van der Waals surface area contributed by atoms with Crippen molar-refractivity contribution in [3.63, 3.8) is 0 Å². The minimum Gasteiger partial charge on any atom is -0.336 e. The average molecular weight is 389 g/mol. The van der Waals surface area contributed by atoms with E-state index in [1.807, 2.05) is 36.4 Å². The van der Waals surface area contributed by atoms with Crippen LogP contribution in [0, 0.1) is 0 Å². The molecule has 2 aromatic carbocycles. The van der Waals surface area contributed by atoms with Crippen LogP contribution in [0.25, 0.3) is 10.9 Å². The molecule has 0 aliphatic rings. The normalized spacial score (nSPS) is 12.0. The minimum atomic E-state index is -0.607. The number of aromatic nitrogens is 6. The maximum absolute atomic E-state index is 13.2. The summed E-state index contributed by atoms with van der Waals surface area (Å²) in [6, 6.07) is 16.2. The smallest absolute Gasteiger partial charge is 0.258 e. The molecule has 4 aromatic rings. The first-order chi connectivity index (χ1) is 14.1. The lowest BCUT2D eigenvalue weighted by Crippen LogP contribution is -2.36. The van der Waals surface area contributed by atoms with Gasteiger partial charge in [-0.05, 0) is 28.1 Å². The summed E-state index contributed by atoms with van der Waals surface area (Å²) >= 11 is 0. The third-order valence-electron chi connectivity index (χ3n) is 4.67. The molecule has 9 heteroatoms. The lowest BCUT2D eigenvalue weighted by Gasteiger charge is -2.23. The number of fused-ring (bicyclic) bond motifs is 1. The van der Waals surface area contributed by atoms with Gasteiger partial charge in [-0.2, -0.15) is 0 Å². The van der Waals surface area contributed by atoms with Crippen LogP contribution >= 0.6 is 0 Å². The molecule has 146 valence electrons. The van der Waals surface area contributed by atoms with E-state index in [4.69, 9.17) is 0 Å². The first-order valence-corrected chi connectivity index (χ1v) is 9.11. The molecule has 0 aliphatic carbocycles. The number of hydrogen-bond acceptors (Lipinski definition) is 6. The van der Waals surface area contributed by atoms with Crippen molar-refractivity contribution in [1.29, 1.82) is 0 Å². The summed E-state index contributed by atoms with van der Waals surface area (Å²) in [4.78, 5) is 34.2. The van der Waals surface area contributed by atoms with Crippen LogP contribution in [0.3, 0.4) is 0 Å². The molecule has 9 nitrogen and oxygen atoms in total. The molecule has 0 spiro atoms. The summed E-state index contributed by atoms with van der Waals surface area (Å²) in [6.45, 7) is 0.159. The van der Waals surface area contributed by atoms with Crippen molar-refractivity contribution < 1.29 is 4.79 Å². The number of amides is 1. The molecule has 0 radical (unpaired) electrons. The number of nitrogens with one attached hydrogen (secondary N) is 1. The van der Waals surface area contributed by atoms with Gasteiger partial charge in [0, 0.05) is 13.5 Å². The second-order valence-corrected chi connectivity index (χ2v) is 6.72. The lowest BCUT2D eigenvalue weighted by molar-refractivity contribution is -0.134. The molecule has 2 heterocycles. The van der Waals surface area contributed by atoms with Crippen LogP contribution in [-0.2, 0) is 17.8 Å². The standard InChI is InChI=1S/C20H19N7O2/c1-26(12-18-22-16-10-6-5-9-15(16)19(28)23-18)20(29)17(27-13-21-24-25-27)11-14-7-3-2-4-8-14/h2-10,13,17H,11-12H2,1H3,(H,22,23,28)/t17-/m0/s1. The van der Waals surface area contributed by atoms with Crippen LogP contribution in [0.5, 0.6) is 0 Å². The van der Waals surface area contributed by atoms with Crippen molar-refractivity contribution in [1.82, 2.24) is 35.1 Å². The monoisotopic (exact) mass is 389 g/mol. The Labute approximate surface area is 166 Å². The average Bonchev–Trinajstić information content (AvgIpc) is 3.27. The summed E-state index contributed by atoms with van der Waals surface area (Å²) in [7, 11) is 1.67. The van der Waals surface area contributed by atoms with E-state index in [-0.39, 0.29) is 18.0 Å². The zero-order valence-electron chi connectivity index (χ0n) is 15.8. The van der Waals surface area contributed by atoms with Gasteiger partial charge in [-0.25, -0.2) is 9.67 Å². The third-order valence-corrected chi connectivity index (χ3v) is 4.67. The Morgan fingerprint density at radius 2 is 1.90 bits per heavy atom. The van der Waals surface area contributed by atoms with Crippen LogP contribution < -0.4 is 5.56 Å². The third kappa shape index (κ3) is 4.03. The van der Waals surface area contributed by atoms with Crippen LogP contribution in [0.2, 0.25) is 0 Å². The number of benzene rings is 2. The molecule has 29 heavy (non-hydrogen) atoms. The van der Waals surface area contributed by atoms with Gasteiger partial charge in [0.2, 0.25) is 5.91 Å². The predicted molar refractivity (Wildman–Crippen MR) is 106 cm³/mol. The molecule has 4 rings (SSSR count). The number of H-pyrrole nitrogens is 1. The van der Waals surface area contributed by atoms with Crippen LogP contribution in [0.15, 0.2) is 65.7 Å². The highest BCUT2D eigenvalue weighted by molar-refractivity contribution is 5.80. The molecule has 0 saturated heterocycles. The Balaban J connectivity index is 1.58. The topological polar surface area (TPSA) is 110 Å². The molecule has 0 aliphatic heterocycles. The Bertz CT molecular complexity index is 1170. The number of likely N-dealkylation sites (N-methyl/N-ethyl adjacent to an activating group) is 1. The molecule has 0 bridgehead atoms. The largest absolute Gasteiger partial charge is 0.336 e. The molecule has 2 aromatic heterocycles. The Hall–Kier alpha value is -3.88. The van der Waals surface area contributed by atoms with E-state index in [2.05, 4.69) is 25.5 Å². The highest BCUT2D eigenvalue weighted by Crippen LogP contribution is 2.17. The molecule has 0 unspecified atom stereocenters. The fourth-order valence-electron chi connectivity index (χ4n) is 3.21. The number of hydrogen-bond donors (Lipinski definition) is 1. The Morgan fingerprint density at radius 1 is 1.14 bits per heavy atom. The number of aromatic amines is 1. The van der Waals surface area contributed by atoms with Gasteiger partial charge in [-0.15, -0.1) is 5.10 Å². The highest BCUT2D eigenvalue weighted by Gasteiger charge is 2.26. The minimum absolute atomic E-state index is 0.159. The van der Waals surface area contributed by atoms with Crippen LogP contribution in [0.1, 0.15) is 17.4 Å². The molecular weight excluding hydrogens is 370 g/mol. The van der Waals surface area contributed by atoms with Gasteiger partial charge in [0.1, 0.15) is 18.2 Å². The van der Waals surface area contributed by atoms with Crippen molar-refractivity contribution in [2.75, 3.05) is 7.05 Å². The summed E-state index contributed by atoms with van der Waals surface area (Å²) in [5, 5.41) is 11.7. The van der Waals surface area contributed by atoms with Gasteiger partial charge in [-0.1, -0.05) is 42.5 Å². The molecule has 1 N–H and O–H groups in total.